The fraction of sp³-hybridized carbons (Fsp3) is 0.231. The second kappa shape index (κ2) is 6.95. The largest absolute Gasteiger partial charge is 0.491 e. The van der Waals surface area contributed by atoms with Gasteiger partial charge in [-0.25, -0.2) is 4.79 Å². The average molecular weight is 340 g/mol. The molecule has 2 N–H and O–H groups in total. The smallest absolute Gasteiger partial charge is 0.320 e. The lowest BCUT2D eigenvalue weighted by molar-refractivity contribution is 0.247. The van der Waals surface area contributed by atoms with Crippen molar-refractivity contribution < 1.29 is 14.1 Å². The SMILES string of the molecule is Cc1cc(NC(=O)NCCOc2ccccc2Br)no1. The van der Waals surface area contributed by atoms with E-state index in [2.05, 4.69) is 31.7 Å². The Bertz CT molecular complexity index is 586. The molecule has 1 aromatic heterocycles. The summed E-state index contributed by atoms with van der Waals surface area (Å²) in [5.41, 5.74) is 0. The molecule has 0 spiro atoms. The van der Waals surface area contributed by atoms with E-state index in [4.69, 9.17) is 9.26 Å². The first-order chi connectivity index (χ1) is 9.65. The Balaban J connectivity index is 1.68. The van der Waals surface area contributed by atoms with Gasteiger partial charge in [-0.15, -0.1) is 0 Å². The van der Waals surface area contributed by atoms with Crippen LogP contribution in [-0.4, -0.2) is 24.3 Å². The van der Waals surface area contributed by atoms with Crippen molar-refractivity contribution in [2.75, 3.05) is 18.5 Å². The molecular formula is C13H14BrN3O3. The molecule has 0 bridgehead atoms. The van der Waals surface area contributed by atoms with Crippen molar-refractivity contribution in [3.63, 3.8) is 0 Å². The fourth-order valence-electron chi connectivity index (χ4n) is 1.47. The fourth-order valence-corrected chi connectivity index (χ4v) is 1.87. The molecule has 106 valence electrons. The van der Waals surface area contributed by atoms with Crippen molar-refractivity contribution >= 4 is 27.8 Å². The Kier molecular flexibility index (Phi) is 5.00. The predicted molar refractivity (Wildman–Crippen MR) is 77.9 cm³/mol. The molecule has 2 rings (SSSR count). The molecular weight excluding hydrogens is 326 g/mol. The number of ether oxygens (including phenoxy) is 1. The molecule has 0 radical (unpaired) electrons. The van der Waals surface area contributed by atoms with E-state index in [0.717, 1.165) is 10.2 Å². The van der Waals surface area contributed by atoms with E-state index >= 15 is 0 Å². The number of carbonyl (C=O) groups excluding carboxylic acids is 1. The molecule has 0 unspecified atom stereocenters. The zero-order valence-electron chi connectivity index (χ0n) is 10.9. The Morgan fingerprint density at radius 1 is 1.45 bits per heavy atom. The van der Waals surface area contributed by atoms with Crippen LogP contribution in [0, 0.1) is 6.92 Å². The lowest BCUT2D eigenvalue weighted by Crippen LogP contribution is -2.32. The highest BCUT2D eigenvalue weighted by Crippen LogP contribution is 2.23. The van der Waals surface area contributed by atoms with Crippen molar-refractivity contribution in [1.82, 2.24) is 10.5 Å². The van der Waals surface area contributed by atoms with Crippen molar-refractivity contribution in [3.05, 3.63) is 40.6 Å². The number of halogens is 1. The minimum absolute atomic E-state index is 0.353. The number of hydrogen-bond donors (Lipinski definition) is 2. The quantitative estimate of drug-likeness (QED) is 0.821. The first-order valence-electron chi connectivity index (χ1n) is 6.00. The molecule has 7 heteroatoms. The number of aryl methyl sites for hydroxylation is 1. The highest BCUT2D eigenvalue weighted by Gasteiger charge is 2.05. The maximum atomic E-state index is 11.5. The molecule has 0 saturated carbocycles. The predicted octanol–water partition coefficient (Wildman–Crippen LogP) is 2.95. The second-order valence-electron chi connectivity index (χ2n) is 3.98. The van der Waals surface area contributed by atoms with Crippen LogP contribution in [0.3, 0.4) is 0 Å². The van der Waals surface area contributed by atoms with E-state index in [1.807, 2.05) is 24.3 Å². The highest BCUT2D eigenvalue weighted by atomic mass is 79.9. The topological polar surface area (TPSA) is 76.4 Å². The Hall–Kier alpha value is -2.02. The van der Waals surface area contributed by atoms with E-state index in [1.165, 1.54) is 0 Å². The van der Waals surface area contributed by atoms with Crippen molar-refractivity contribution in [1.29, 1.82) is 0 Å². The summed E-state index contributed by atoms with van der Waals surface area (Å²) in [5, 5.41) is 8.87. The van der Waals surface area contributed by atoms with Crippen molar-refractivity contribution in [2.45, 2.75) is 6.92 Å². The molecule has 0 fully saturated rings. The molecule has 0 aliphatic heterocycles. The number of rotatable bonds is 5. The number of benzene rings is 1. The van der Waals surface area contributed by atoms with Gasteiger partial charge in [0.2, 0.25) is 0 Å². The number of nitrogens with one attached hydrogen (secondary N) is 2. The van der Waals surface area contributed by atoms with E-state index in [1.54, 1.807) is 13.0 Å². The number of aromatic nitrogens is 1. The summed E-state index contributed by atoms with van der Waals surface area (Å²) in [6.07, 6.45) is 0. The summed E-state index contributed by atoms with van der Waals surface area (Å²) >= 11 is 3.38. The molecule has 0 saturated heterocycles. The summed E-state index contributed by atoms with van der Waals surface area (Å²) < 4.78 is 11.2. The van der Waals surface area contributed by atoms with Gasteiger partial charge in [0.1, 0.15) is 18.1 Å². The molecule has 2 amide bonds. The third kappa shape index (κ3) is 4.27. The molecule has 20 heavy (non-hydrogen) atoms. The normalized spacial score (nSPS) is 10.1. The van der Waals surface area contributed by atoms with Crippen LogP contribution < -0.4 is 15.4 Å². The summed E-state index contributed by atoms with van der Waals surface area (Å²) in [6.45, 7) is 2.50. The number of carbonyl (C=O) groups is 1. The summed E-state index contributed by atoms with van der Waals surface area (Å²) in [4.78, 5) is 11.5. The number of anilines is 1. The van der Waals surface area contributed by atoms with E-state index in [0.29, 0.717) is 24.7 Å². The van der Waals surface area contributed by atoms with Gasteiger partial charge in [-0.1, -0.05) is 17.3 Å². The Labute approximate surface area is 124 Å². The molecule has 1 aromatic carbocycles. The Morgan fingerprint density at radius 3 is 2.95 bits per heavy atom. The number of nitrogens with zero attached hydrogens (tertiary/aromatic N) is 1. The van der Waals surface area contributed by atoms with Crippen LogP contribution >= 0.6 is 15.9 Å². The summed E-state index contributed by atoms with van der Waals surface area (Å²) in [6, 6.07) is 8.81. The molecule has 0 aliphatic carbocycles. The average Bonchev–Trinajstić information content (AvgIpc) is 2.82. The zero-order chi connectivity index (χ0) is 14.4. The maximum absolute atomic E-state index is 11.5. The van der Waals surface area contributed by atoms with Gasteiger partial charge in [-0.2, -0.15) is 0 Å². The van der Waals surface area contributed by atoms with Crippen LogP contribution in [0.2, 0.25) is 0 Å². The van der Waals surface area contributed by atoms with Gasteiger partial charge in [-0.05, 0) is 35.0 Å². The van der Waals surface area contributed by atoms with E-state index in [-0.39, 0.29) is 6.03 Å². The Morgan fingerprint density at radius 2 is 2.25 bits per heavy atom. The van der Waals surface area contributed by atoms with E-state index in [9.17, 15) is 4.79 Å². The summed E-state index contributed by atoms with van der Waals surface area (Å²) in [7, 11) is 0. The van der Waals surface area contributed by atoms with Gasteiger partial charge >= 0.3 is 6.03 Å². The highest BCUT2D eigenvalue weighted by molar-refractivity contribution is 9.10. The molecule has 0 aliphatic rings. The first kappa shape index (κ1) is 14.4. The van der Waals surface area contributed by atoms with Gasteiger partial charge < -0.3 is 14.6 Å². The van der Waals surface area contributed by atoms with Gasteiger partial charge in [0.25, 0.3) is 0 Å². The minimum atomic E-state index is -0.353. The first-order valence-corrected chi connectivity index (χ1v) is 6.80. The third-order valence-corrected chi connectivity index (χ3v) is 3.01. The number of hydrogen-bond acceptors (Lipinski definition) is 4. The lowest BCUT2D eigenvalue weighted by atomic mass is 10.3. The summed E-state index contributed by atoms with van der Waals surface area (Å²) in [5.74, 6) is 1.76. The molecule has 2 aromatic rings. The van der Waals surface area contributed by atoms with Crippen LogP contribution in [0.4, 0.5) is 10.6 Å². The number of amides is 2. The van der Waals surface area contributed by atoms with Gasteiger partial charge in [0, 0.05) is 6.07 Å². The second-order valence-corrected chi connectivity index (χ2v) is 4.84. The van der Waals surface area contributed by atoms with E-state index < -0.39 is 0 Å². The minimum Gasteiger partial charge on any atom is -0.491 e. The van der Waals surface area contributed by atoms with Crippen LogP contribution in [0.1, 0.15) is 5.76 Å². The van der Waals surface area contributed by atoms with Gasteiger partial charge in [-0.3, -0.25) is 5.32 Å². The molecule has 1 heterocycles. The van der Waals surface area contributed by atoms with Crippen LogP contribution in [0.15, 0.2) is 39.3 Å². The molecule has 6 nitrogen and oxygen atoms in total. The van der Waals surface area contributed by atoms with Gasteiger partial charge in [0.15, 0.2) is 5.82 Å². The number of para-hydroxylation sites is 1. The maximum Gasteiger partial charge on any atom is 0.320 e. The third-order valence-electron chi connectivity index (χ3n) is 2.35. The lowest BCUT2D eigenvalue weighted by Gasteiger charge is -2.08. The van der Waals surface area contributed by atoms with Crippen LogP contribution in [0.25, 0.3) is 0 Å². The standard InChI is InChI=1S/C13H14BrN3O3/c1-9-8-12(17-20-9)16-13(18)15-6-7-19-11-5-3-2-4-10(11)14/h2-5,8H,6-7H2,1H3,(H2,15,16,17,18). The number of urea groups is 1. The monoisotopic (exact) mass is 339 g/mol. The zero-order valence-corrected chi connectivity index (χ0v) is 12.4. The van der Waals surface area contributed by atoms with Crippen LogP contribution in [-0.2, 0) is 0 Å². The van der Waals surface area contributed by atoms with Crippen LogP contribution in [0.5, 0.6) is 5.75 Å². The van der Waals surface area contributed by atoms with Crippen molar-refractivity contribution in [3.8, 4) is 5.75 Å². The van der Waals surface area contributed by atoms with Gasteiger partial charge in [0.05, 0.1) is 11.0 Å². The molecule has 0 atom stereocenters. The van der Waals surface area contributed by atoms with Crippen molar-refractivity contribution in [2.24, 2.45) is 0 Å².